The summed E-state index contributed by atoms with van der Waals surface area (Å²) in [4.78, 5) is 20.0. The van der Waals surface area contributed by atoms with Gasteiger partial charge in [0, 0.05) is 31.6 Å². The number of allylic oxidation sites excluding steroid dienone is 2. The Morgan fingerprint density at radius 3 is 2.16 bits per heavy atom. The van der Waals surface area contributed by atoms with Crippen molar-refractivity contribution in [1.29, 1.82) is 0 Å². The Morgan fingerprint density at radius 2 is 1.51 bits per heavy atom. The van der Waals surface area contributed by atoms with Crippen LogP contribution < -0.4 is 0 Å². The van der Waals surface area contributed by atoms with E-state index in [0.717, 1.165) is 107 Å². The molecule has 0 aromatic heterocycles. The molecule has 5 nitrogen and oxygen atoms in total. The number of carbonyl (C=O) groups excluding carboxylic acids is 1. The molecule has 0 amide bonds. The highest BCUT2D eigenvalue weighted by molar-refractivity contribution is 5.69. The minimum absolute atomic E-state index is 0.00951. The summed E-state index contributed by atoms with van der Waals surface area (Å²) in [6, 6.07) is 0. The molecule has 8 atom stereocenters. The second-order valence-electron chi connectivity index (χ2n) is 18.7. The van der Waals surface area contributed by atoms with Gasteiger partial charge >= 0.3 is 5.97 Å². The molecule has 0 aromatic rings. The van der Waals surface area contributed by atoms with E-state index in [1.807, 2.05) is 0 Å². The lowest BCUT2D eigenvalue weighted by Crippen LogP contribution is -2.51. The zero-order valence-electron chi connectivity index (χ0n) is 33.8. The van der Waals surface area contributed by atoms with E-state index in [2.05, 4.69) is 90.2 Å². The highest BCUT2D eigenvalue weighted by Crippen LogP contribution is 2.67. The van der Waals surface area contributed by atoms with E-state index in [1.165, 1.54) is 63.5 Å². The summed E-state index contributed by atoms with van der Waals surface area (Å²) in [7, 11) is 8.57. The Balaban J connectivity index is 1.22. The Morgan fingerprint density at radius 1 is 0.837 bits per heavy atom. The van der Waals surface area contributed by atoms with Crippen LogP contribution in [0.3, 0.4) is 0 Å². The summed E-state index contributed by atoms with van der Waals surface area (Å²) in [6.45, 7) is 21.4. The summed E-state index contributed by atoms with van der Waals surface area (Å²) >= 11 is 0. The largest absolute Gasteiger partial charge is 0.462 e. The van der Waals surface area contributed by atoms with Crippen LogP contribution in [0.2, 0.25) is 0 Å². The average molecular weight is 682 g/mol. The number of unbranched alkanes of at least 4 members (excludes halogenated alkanes) is 1. The highest BCUT2D eigenvalue weighted by Gasteiger charge is 2.59. The Hall–Kier alpha value is -1.33. The number of ether oxygens (including phenoxy) is 1. The number of hydrogen-bond acceptors (Lipinski definition) is 5. The van der Waals surface area contributed by atoms with Crippen molar-refractivity contribution in [3.05, 3.63) is 23.9 Å². The second kappa shape index (κ2) is 18.4. The molecule has 0 aromatic carbocycles. The fourth-order valence-corrected chi connectivity index (χ4v) is 11.3. The SMILES string of the molecule is C=C(CCCCC(=O)O[C@H]1CC[C@@]2(C)C(=CC[C@H]3[C@@H]4CC[C@H]([C@H](C)CCCC(C)C)[C@@]4(C)CC[C@@H]32)C1)N(CCCN(C)C)CCCN(C)C. The van der Waals surface area contributed by atoms with E-state index in [0.29, 0.717) is 17.3 Å². The maximum atomic E-state index is 13.0. The molecule has 3 saturated carbocycles. The minimum atomic E-state index is 0.00951. The molecule has 0 N–H and O–H groups in total. The smallest absolute Gasteiger partial charge is 0.306 e. The monoisotopic (exact) mass is 682 g/mol. The van der Waals surface area contributed by atoms with Crippen molar-refractivity contribution in [2.24, 2.45) is 46.3 Å². The van der Waals surface area contributed by atoms with Crippen LogP contribution >= 0.6 is 0 Å². The number of nitrogens with zero attached hydrogens (tertiary/aromatic N) is 3. The van der Waals surface area contributed by atoms with Crippen LogP contribution in [0, 0.1) is 46.3 Å². The van der Waals surface area contributed by atoms with E-state index in [9.17, 15) is 4.79 Å². The van der Waals surface area contributed by atoms with Crippen LogP contribution in [0.5, 0.6) is 0 Å². The van der Waals surface area contributed by atoms with Crippen LogP contribution in [-0.4, -0.2) is 81.1 Å². The summed E-state index contributed by atoms with van der Waals surface area (Å²) < 4.78 is 6.18. The first-order chi connectivity index (χ1) is 23.2. The van der Waals surface area contributed by atoms with Gasteiger partial charge in [0.15, 0.2) is 0 Å². The van der Waals surface area contributed by atoms with Crippen molar-refractivity contribution in [2.75, 3.05) is 54.4 Å². The van der Waals surface area contributed by atoms with Gasteiger partial charge in [-0.3, -0.25) is 4.79 Å². The number of hydrogen-bond donors (Lipinski definition) is 0. The van der Waals surface area contributed by atoms with E-state index in [1.54, 1.807) is 5.57 Å². The van der Waals surface area contributed by atoms with E-state index < -0.39 is 0 Å². The van der Waals surface area contributed by atoms with Crippen LogP contribution in [-0.2, 0) is 9.53 Å². The predicted molar refractivity (Wildman–Crippen MR) is 208 cm³/mol. The molecule has 3 fully saturated rings. The minimum Gasteiger partial charge on any atom is -0.462 e. The number of rotatable bonds is 20. The normalized spacial score (nSPS) is 31.7. The maximum absolute atomic E-state index is 13.0. The van der Waals surface area contributed by atoms with E-state index >= 15 is 0 Å². The summed E-state index contributed by atoms with van der Waals surface area (Å²) in [5.74, 6) is 5.18. The Kier molecular flexibility index (Phi) is 15.2. The van der Waals surface area contributed by atoms with Crippen LogP contribution in [0.15, 0.2) is 23.9 Å². The fraction of sp³-hybridized carbons (Fsp3) is 0.886. The maximum Gasteiger partial charge on any atom is 0.306 e. The molecule has 0 aliphatic heterocycles. The number of fused-ring (bicyclic) bond motifs is 5. The fourth-order valence-electron chi connectivity index (χ4n) is 11.3. The highest BCUT2D eigenvalue weighted by atomic mass is 16.5. The van der Waals surface area contributed by atoms with Crippen molar-refractivity contribution in [3.63, 3.8) is 0 Å². The van der Waals surface area contributed by atoms with Gasteiger partial charge in [-0.15, -0.1) is 0 Å². The van der Waals surface area contributed by atoms with Crippen molar-refractivity contribution in [2.45, 2.75) is 150 Å². The molecule has 49 heavy (non-hydrogen) atoms. The lowest BCUT2D eigenvalue weighted by atomic mass is 9.47. The molecule has 5 heteroatoms. The second-order valence-corrected chi connectivity index (χ2v) is 18.7. The van der Waals surface area contributed by atoms with Crippen LogP contribution in [0.1, 0.15) is 144 Å². The first kappa shape index (κ1) is 40.4. The van der Waals surface area contributed by atoms with Crippen LogP contribution in [0.25, 0.3) is 0 Å². The van der Waals surface area contributed by atoms with Gasteiger partial charge in [0.2, 0.25) is 0 Å². The molecule has 0 saturated heterocycles. The van der Waals surface area contributed by atoms with Gasteiger partial charge in [0.1, 0.15) is 6.10 Å². The standard InChI is InChI=1S/C44H79N3O2/c1-33(2)16-13-17-34(3)39-22-23-40-38-21-20-36-32-37(24-26-43(36,5)41(38)25-27-44(39,40)6)49-42(48)19-12-11-18-35(4)47(30-14-28-45(7)8)31-15-29-46(9)10/h20,33-34,37-41H,4,11-19,21-32H2,1-3,5-10H3/t34-,37+,38+,39-,40+,41+,43+,44-/m1/s1. The quantitative estimate of drug-likeness (QED) is 0.0726. The first-order valence-electron chi connectivity index (χ1n) is 20.9. The third-order valence-corrected chi connectivity index (χ3v) is 14.2. The van der Waals surface area contributed by atoms with Gasteiger partial charge < -0.3 is 19.4 Å². The molecule has 4 aliphatic rings. The number of carbonyl (C=O) groups is 1. The van der Waals surface area contributed by atoms with Gasteiger partial charge in [0.25, 0.3) is 0 Å². The molecule has 0 unspecified atom stereocenters. The lowest BCUT2D eigenvalue weighted by molar-refractivity contribution is -0.151. The molecule has 4 aliphatic carbocycles. The lowest BCUT2D eigenvalue weighted by Gasteiger charge is -2.58. The first-order valence-corrected chi connectivity index (χ1v) is 20.9. The molecule has 0 spiro atoms. The van der Waals surface area contributed by atoms with Crippen LogP contribution in [0.4, 0.5) is 0 Å². The predicted octanol–water partition coefficient (Wildman–Crippen LogP) is 10.2. The molecular formula is C44H79N3O2. The summed E-state index contributed by atoms with van der Waals surface area (Å²) in [5.41, 5.74) is 3.69. The topological polar surface area (TPSA) is 36.0 Å². The van der Waals surface area contributed by atoms with Crippen molar-refractivity contribution >= 4 is 5.97 Å². The third kappa shape index (κ3) is 10.6. The van der Waals surface area contributed by atoms with Gasteiger partial charge in [-0.25, -0.2) is 0 Å². The van der Waals surface area contributed by atoms with Crippen molar-refractivity contribution in [1.82, 2.24) is 14.7 Å². The third-order valence-electron chi connectivity index (χ3n) is 14.2. The van der Waals surface area contributed by atoms with Gasteiger partial charge in [-0.05, 0) is 165 Å². The number of esters is 1. The van der Waals surface area contributed by atoms with Gasteiger partial charge in [-0.2, -0.15) is 0 Å². The Labute approximate surface area is 304 Å². The van der Waals surface area contributed by atoms with Crippen molar-refractivity contribution < 1.29 is 9.53 Å². The zero-order chi connectivity index (χ0) is 35.8. The summed E-state index contributed by atoms with van der Waals surface area (Å²) in [5, 5.41) is 0. The van der Waals surface area contributed by atoms with Gasteiger partial charge in [0.05, 0.1) is 0 Å². The molecule has 0 radical (unpaired) electrons. The van der Waals surface area contributed by atoms with E-state index in [4.69, 9.17) is 4.74 Å². The molecule has 0 bridgehead atoms. The van der Waals surface area contributed by atoms with Gasteiger partial charge in [-0.1, -0.05) is 72.1 Å². The molecule has 4 rings (SSSR count). The molecular weight excluding hydrogens is 603 g/mol. The zero-order valence-corrected chi connectivity index (χ0v) is 33.8. The van der Waals surface area contributed by atoms with E-state index in [-0.39, 0.29) is 12.1 Å². The van der Waals surface area contributed by atoms with Crippen molar-refractivity contribution in [3.8, 4) is 0 Å². The summed E-state index contributed by atoms with van der Waals surface area (Å²) in [6.07, 6.45) is 22.8. The Bertz CT molecular complexity index is 1070. The molecule has 282 valence electrons. The average Bonchev–Trinajstić information content (AvgIpc) is 3.39. The molecule has 0 heterocycles.